The van der Waals surface area contributed by atoms with Crippen LogP contribution in [0.15, 0.2) is 158 Å². The number of hydrogen-bond donors (Lipinski definition) is 0. The van der Waals surface area contributed by atoms with E-state index in [0.29, 0.717) is 0 Å². The molecule has 1 aliphatic carbocycles. The molecule has 260 valence electrons. The topological polar surface area (TPSA) is 9.86 Å². The Balaban J connectivity index is 1.44. The third-order valence-electron chi connectivity index (χ3n) is 12.7. The Morgan fingerprint density at radius 2 is 0.926 bits per heavy atom. The number of para-hydroxylation sites is 2. The molecular weight excluding hydrogens is 653 g/mol. The molecule has 0 bridgehead atoms. The molecule has 10 aromatic rings. The Bertz CT molecular complexity index is 3140. The van der Waals surface area contributed by atoms with Crippen LogP contribution in [0.2, 0.25) is 0 Å². The van der Waals surface area contributed by atoms with E-state index in [1.54, 1.807) is 0 Å². The Morgan fingerprint density at radius 1 is 0.407 bits per heavy atom. The first-order valence-electron chi connectivity index (χ1n) is 19.4. The zero-order chi connectivity index (χ0) is 36.3. The van der Waals surface area contributed by atoms with E-state index in [0.717, 1.165) is 0 Å². The van der Waals surface area contributed by atoms with E-state index in [1.165, 1.54) is 112 Å². The lowest BCUT2D eigenvalue weighted by Crippen LogP contribution is -2.33. The monoisotopic (exact) mass is 694 g/mol. The maximum atomic E-state index is 2.65. The third-order valence-corrected chi connectivity index (χ3v) is 12.7. The first kappa shape index (κ1) is 31.4. The van der Waals surface area contributed by atoms with Crippen LogP contribution < -0.4 is 0 Å². The minimum atomic E-state index is 0.0654. The standard InChI is InChI=1S/C52H42N2/c1-51(2)29-30-52(3,4)43-32-46-41(31-42(43)51)48-39-24-14-13-23-38(39)47-40-25-15-16-26-44(40)53(34-19-9-6-10-20-34)49(47)50(48)54(46)45-28-27-35(33-17-7-5-8-18-33)36-21-11-12-22-37(36)45/h5-28,31-32H,29-30H2,1-4H3. The highest BCUT2D eigenvalue weighted by molar-refractivity contribution is 6.36. The molecule has 0 N–H and O–H groups in total. The van der Waals surface area contributed by atoms with Crippen molar-refractivity contribution in [3.05, 3.63) is 169 Å². The van der Waals surface area contributed by atoms with E-state index in [-0.39, 0.29) is 10.8 Å². The van der Waals surface area contributed by atoms with Crippen LogP contribution in [0.1, 0.15) is 51.7 Å². The smallest absolute Gasteiger partial charge is 0.0795 e. The van der Waals surface area contributed by atoms with Gasteiger partial charge in [-0.2, -0.15) is 0 Å². The van der Waals surface area contributed by atoms with Gasteiger partial charge in [0.1, 0.15) is 0 Å². The Hall–Kier alpha value is -6.12. The molecule has 0 atom stereocenters. The summed E-state index contributed by atoms with van der Waals surface area (Å²) in [7, 11) is 0. The summed E-state index contributed by atoms with van der Waals surface area (Å²) in [4.78, 5) is 0. The summed E-state index contributed by atoms with van der Waals surface area (Å²) in [6.45, 7) is 9.80. The molecule has 0 saturated heterocycles. The molecular formula is C52H42N2. The van der Waals surface area contributed by atoms with Gasteiger partial charge < -0.3 is 9.13 Å². The van der Waals surface area contributed by atoms with Crippen LogP contribution in [0.4, 0.5) is 0 Å². The number of hydrogen-bond acceptors (Lipinski definition) is 0. The predicted molar refractivity (Wildman–Crippen MR) is 231 cm³/mol. The van der Waals surface area contributed by atoms with Gasteiger partial charge in [0.05, 0.1) is 27.8 Å². The maximum Gasteiger partial charge on any atom is 0.0795 e. The Morgan fingerprint density at radius 3 is 1.61 bits per heavy atom. The molecule has 0 unspecified atom stereocenters. The number of fused-ring (bicyclic) bond motifs is 12. The molecule has 8 aromatic carbocycles. The molecule has 0 amide bonds. The van der Waals surface area contributed by atoms with Crippen LogP contribution in [0.3, 0.4) is 0 Å². The zero-order valence-electron chi connectivity index (χ0n) is 31.3. The van der Waals surface area contributed by atoms with Gasteiger partial charge in [-0.05, 0) is 98.5 Å². The van der Waals surface area contributed by atoms with Crippen LogP contribution in [0.5, 0.6) is 0 Å². The highest BCUT2D eigenvalue weighted by atomic mass is 15.0. The predicted octanol–water partition coefficient (Wildman–Crippen LogP) is 14.2. The molecule has 11 rings (SSSR count). The minimum Gasteiger partial charge on any atom is -0.307 e. The summed E-state index contributed by atoms with van der Waals surface area (Å²) in [5, 5.41) is 10.3. The SMILES string of the molecule is CC1(C)CCC(C)(C)c2cc3c(cc21)c1c2ccccc2c2c4ccccc4n(-c4ccccc4)c2c1n3-c1ccc(-c2ccccc2)c2ccccc12. The van der Waals surface area contributed by atoms with Crippen molar-refractivity contribution in [2.45, 2.75) is 51.4 Å². The van der Waals surface area contributed by atoms with Crippen molar-refractivity contribution < 1.29 is 0 Å². The van der Waals surface area contributed by atoms with Crippen molar-refractivity contribution in [2.75, 3.05) is 0 Å². The zero-order valence-corrected chi connectivity index (χ0v) is 31.3. The molecule has 0 aliphatic heterocycles. The molecule has 2 nitrogen and oxygen atoms in total. The molecule has 54 heavy (non-hydrogen) atoms. The molecule has 0 radical (unpaired) electrons. The van der Waals surface area contributed by atoms with E-state index in [1.807, 2.05) is 0 Å². The Kier molecular flexibility index (Phi) is 6.51. The summed E-state index contributed by atoms with van der Waals surface area (Å²) in [6, 6.07) is 58.9. The highest BCUT2D eigenvalue weighted by Crippen LogP contribution is 2.52. The normalized spacial score (nSPS) is 15.2. The van der Waals surface area contributed by atoms with Gasteiger partial charge in [0.2, 0.25) is 0 Å². The lowest BCUT2D eigenvalue weighted by Gasteiger charge is -2.42. The lowest BCUT2D eigenvalue weighted by atomic mass is 9.63. The summed E-state index contributed by atoms with van der Waals surface area (Å²) in [5.41, 5.74) is 13.0. The molecule has 0 fully saturated rings. The van der Waals surface area contributed by atoms with Gasteiger partial charge >= 0.3 is 0 Å². The van der Waals surface area contributed by atoms with Crippen molar-refractivity contribution in [3.8, 4) is 22.5 Å². The van der Waals surface area contributed by atoms with E-state index < -0.39 is 0 Å². The average Bonchev–Trinajstić information content (AvgIpc) is 3.73. The van der Waals surface area contributed by atoms with Crippen molar-refractivity contribution in [1.29, 1.82) is 0 Å². The van der Waals surface area contributed by atoms with E-state index in [9.17, 15) is 0 Å². The second-order valence-electron chi connectivity index (χ2n) is 16.7. The van der Waals surface area contributed by atoms with Gasteiger partial charge in [-0.3, -0.25) is 0 Å². The molecule has 0 saturated carbocycles. The Labute approximate surface area is 315 Å². The molecule has 0 spiro atoms. The molecule has 1 aliphatic rings. The molecule has 2 heterocycles. The second-order valence-corrected chi connectivity index (χ2v) is 16.7. The minimum absolute atomic E-state index is 0.0654. The fourth-order valence-electron chi connectivity index (χ4n) is 9.94. The number of nitrogens with zero attached hydrogens (tertiary/aromatic N) is 2. The lowest BCUT2D eigenvalue weighted by molar-refractivity contribution is 0.332. The summed E-state index contributed by atoms with van der Waals surface area (Å²) in [6.07, 6.45) is 2.35. The van der Waals surface area contributed by atoms with E-state index in [2.05, 4.69) is 195 Å². The maximum absolute atomic E-state index is 2.65. The molecule has 2 aromatic heterocycles. The van der Waals surface area contributed by atoms with E-state index >= 15 is 0 Å². The van der Waals surface area contributed by atoms with Crippen LogP contribution in [0, 0.1) is 0 Å². The largest absolute Gasteiger partial charge is 0.307 e. The summed E-state index contributed by atoms with van der Waals surface area (Å²) < 4.78 is 5.18. The van der Waals surface area contributed by atoms with Gasteiger partial charge in [0.15, 0.2) is 0 Å². The van der Waals surface area contributed by atoms with Gasteiger partial charge in [0, 0.05) is 32.6 Å². The quantitative estimate of drug-likeness (QED) is 0.174. The highest BCUT2D eigenvalue weighted by Gasteiger charge is 2.38. The summed E-state index contributed by atoms with van der Waals surface area (Å²) in [5.74, 6) is 0. The molecule has 2 heteroatoms. The fraction of sp³-hybridized carbons (Fsp3) is 0.154. The van der Waals surface area contributed by atoms with Crippen LogP contribution in [0.25, 0.3) is 87.7 Å². The number of rotatable bonds is 3. The third kappa shape index (κ3) is 4.28. The van der Waals surface area contributed by atoms with Gasteiger partial charge in [-0.25, -0.2) is 0 Å². The first-order chi connectivity index (χ1) is 26.3. The average molecular weight is 695 g/mol. The number of aromatic nitrogens is 2. The van der Waals surface area contributed by atoms with Gasteiger partial charge in [-0.15, -0.1) is 0 Å². The fourth-order valence-corrected chi connectivity index (χ4v) is 9.94. The van der Waals surface area contributed by atoms with Crippen LogP contribution >= 0.6 is 0 Å². The van der Waals surface area contributed by atoms with Crippen molar-refractivity contribution in [1.82, 2.24) is 9.13 Å². The number of benzene rings is 8. The van der Waals surface area contributed by atoms with Gasteiger partial charge in [0.25, 0.3) is 0 Å². The van der Waals surface area contributed by atoms with Crippen LogP contribution in [-0.2, 0) is 10.8 Å². The van der Waals surface area contributed by atoms with Crippen molar-refractivity contribution in [3.63, 3.8) is 0 Å². The van der Waals surface area contributed by atoms with Crippen molar-refractivity contribution in [2.24, 2.45) is 0 Å². The first-order valence-corrected chi connectivity index (χ1v) is 19.4. The van der Waals surface area contributed by atoms with Crippen molar-refractivity contribution >= 4 is 65.2 Å². The van der Waals surface area contributed by atoms with E-state index in [4.69, 9.17) is 0 Å². The summed E-state index contributed by atoms with van der Waals surface area (Å²) >= 11 is 0. The van der Waals surface area contributed by atoms with Gasteiger partial charge in [-0.1, -0.05) is 149 Å². The second kappa shape index (κ2) is 11.2. The van der Waals surface area contributed by atoms with Crippen LogP contribution in [-0.4, -0.2) is 9.13 Å².